The van der Waals surface area contributed by atoms with Crippen LogP contribution in [-0.2, 0) is 27.2 Å². The molecule has 17 heteroatoms. The molecule has 0 atom stereocenters. The van der Waals surface area contributed by atoms with Gasteiger partial charge in [0, 0.05) is 37.6 Å². The summed E-state index contributed by atoms with van der Waals surface area (Å²) in [6, 6.07) is 14.0. The molecule has 1 saturated heterocycles. The van der Waals surface area contributed by atoms with Crippen LogP contribution in [0.5, 0.6) is 5.75 Å². The summed E-state index contributed by atoms with van der Waals surface area (Å²) in [5.74, 6) is -5.12. The Morgan fingerprint density at radius 2 is 1.56 bits per heavy atom. The van der Waals surface area contributed by atoms with Gasteiger partial charge in [-0.2, -0.15) is 31.3 Å². The molecule has 0 unspecified atom stereocenters. The largest absolute Gasteiger partial charge is 0.483 e. The number of aryl methyl sites for hydroxylation is 2. The number of ketones is 2. The molecule has 2 aliphatic rings. The van der Waals surface area contributed by atoms with Crippen molar-refractivity contribution < 1.29 is 45.5 Å². The molecule has 3 heterocycles. The van der Waals surface area contributed by atoms with Gasteiger partial charge < -0.3 is 25.6 Å². The topological polar surface area (TPSA) is 126 Å². The molecule has 1 amide bonds. The summed E-state index contributed by atoms with van der Waals surface area (Å²) < 4.78 is 73.0. The van der Waals surface area contributed by atoms with E-state index in [1.165, 1.54) is 5.56 Å². The van der Waals surface area contributed by atoms with Gasteiger partial charge >= 0.3 is 23.9 Å². The lowest BCUT2D eigenvalue weighted by molar-refractivity contribution is -0.193. The molecule has 3 N–H and O–H groups in total. The average molecular weight is 659 g/mol. The van der Waals surface area contributed by atoms with E-state index in [0.29, 0.717) is 35.6 Å². The molecule has 0 spiro atoms. The van der Waals surface area contributed by atoms with E-state index < -0.39 is 23.9 Å². The first kappa shape index (κ1) is 33.5. The van der Waals surface area contributed by atoms with E-state index in [0.717, 1.165) is 42.9 Å². The van der Waals surface area contributed by atoms with Gasteiger partial charge in [-0.3, -0.25) is 14.4 Å². The van der Waals surface area contributed by atoms with Gasteiger partial charge in [-0.15, -0.1) is 0 Å². The lowest BCUT2D eigenvalue weighted by Gasteiger charge is -2.27. The van der Waals surface area contributed by atoms with E-state index >= 15 is 0 Å². The summed E-state index contributed by atoms with van der Waals surface area (Å²) in [4.78, 5) is 42.5. The molecule has 2 aromatic carbocycles. The van der Waals surface area contributed by atoms with Crippen LogP contribution < -0.4 is 20.7 Å². The number of aromatic nitrogens is 2. The first-order chi connectivity index (χ1) is 21.2. The zero-order valence-electron chi connectivity index (χ0n) is 23.2. The van der Waals surface area contributed by atoms with Crippen molar-refractivity contribution in [3.63, 3.8) is 0 Å². The third-order valence-corrected chi connectivity index (χ3v) is 6.75. The molecule has 6 bridgehead atoms. The quantitative estimate of drug-likeness (QED) is 0.268. The highest BCUT2D eigenvalue weighted by Crippen LogP contribution is 2.30. The van der Waals surface area contributed by atoms with Crippen LogP contribution in [0.25, 0.3) is 0 Å². The summed E-state index contributed by atoms with van der Waals surface area (Å²) in [7, 11) is 0. The van der Waals surface area contributed by atoms with Crippen LogP contribution in [0.4, 0.5) is 49.5 Å². The number of Topliss-reactive ketones (excluding diaryl/α,β-unsaturated/α-hetero) is 2. The fourth-order valence-corrected chi connectivity index (χ4v) is 4.40. The van der Waals surface area contributed by atoms with Crippen molar-refractivity contribution in [2.45, 2.75) is 25.2 Å². The maximum Gasteiger partial charge on any atom is 0.458 e. The van der Waals surface area contributed by atoms with Crippen molar-refractivity contribution in [1.82, 2.24) is 20.2 Å². The average Bonchev–Trinajstić information content (AvgIpc) is 3.00. The number of nitrogens with zero attached hydrogens (tertiary/aromatic N) is 3. The Morgan fingerprint density at radius 3 is 2.22 bits per heavy atom. The van der Waals surface area contributed by atoms with Crippen LogP contribution in [0.2, 0.25) is 5.02 Å². The van der Waals surface area contributed by atoms with E-state index in [1.54, 1.807) is 6.20 Å². The van der Waals surface area contributed by atoms with Gasteiger partial charge in [0.05, 0.1) is 6.20 Å². The van der Waals surface area contributed by atoms with E-state index in [4.69, 9.17) is 16.3 Å². The molecule has 2 aliphatic heterocycles. The molecule has 0 radical (unpaired) electrons. The Morgan fingerprint density at radius 1 is 0.889 bits per heavy atom. The second-order valence-electron chi connectivity index (χ2n) is 9.74. The second kappa shape index (κ2) is 14.1. The molecular weight excluding hydrogens is 634 g/mol. The van der Waals surface area contributed by atoms with Gasteiger partial charge in [0.2, 0.25) is 5.95 Å². The van der Waals surface area contributed by atoms with E-state index in [-0.39, 0.29) is 12.5 Å². The zero-order chi connectivity index (χ0) is 32.8. The van der Waals surface area contributed by atoms with Crippen LogP contribution in [0, 0.1) is 0 Å². The molecule has 5 rings (SSSR count). The van der Waals surface area contributed by atoms with Crippen molar-refractivity contribution in [1.29, 1.82) is 0 Å². The first-order valence-electron chi connectivity index (χ1n) is 13.3. The molecule has 45 heavy (non-hydrogen) atoms. The van der Waals surface area contributed by atoms with Crippen LogP contribution in [-0.4, -0.2) is 77.5 Å². The molecule has 1 aromatic heterocycles. The van der Waals surface area contributed by atoms with Gasteiger partial charge in [0.1, 0.15) is 10.8 Å². The first-order valence-corrected chi connectivity index (χ1v) is 13.7. The molecule has 10 nitrogen and oxygen atoms in total. The van der Waals surface area contributed by atoms with E-state index in [2.05, 4.69) is 38.1 Å². The van der Waals surface area contributed by atoms with Gasteiger partial charge in [-0.1, -0.05) is 23.7 Å². The molecule has 1 fully saturated rings. The minimum atomic E-state index is -5.77. The number of carbonyl (C=O) groups excluding carboxylic acids is 3. The number of hydrogen-bond acceptors (Lipinski definition) is 9. The maximum atomic E-state index is 12.6. The van der Waals surface area contributed by atoms with Crippen molar-refractivity contribution in [2.24, 2.45) is 0 Å². The van der Waals surface area contributed by atoms with Crippen LogP contribution in [0.3, 0.4) is 0 Å². The summed E-state index contributed by atoms with van der Waals surface area (Å²) in [6.45, 7) is 3.09. The number of halogens is 7. The van der Waals surface area contributed by atoms with Crippen LogP contribution in [0.1, 0.15) is 11.1 Å². The molecule has 240 valence electrons. The van der Waals surface area contributed by atoms with Crippen molar-refractivity contribution in [3.8, 4) is 5.75 Å². The van der Waals surface area contributed by atoms with E-state index in [1.807, 2.05) is 35.2 Å². The number of nitrogens with one attached hydrogen (secondary N) is 3. The minimum absolute atomic E-state index is 0.00890. The monoisotopic (exact) mass is 658 g/mol. The number of ether oxygens (including phenoxy) is 1. The number of rotatable bonds is 4. The smallest absolute Gasteiger partial charge is 0.458 e. The fraction of sp³-hybridized carbons (Fsp3) is 0.321. The normalized spacial score (nSPS) is 14.6. The third-order valence-electron chi connectivity index (χ3n) is 6.48. The second-order valence-corrected chi connectivity index (χ2v) is 10.1. The molecule has 0 saturated carbocycles. The minimum Gasteiger partial charge on any atom is -0.483 e. The summed E-state index contributed by atoms with van der Waals surface area (Å²) in [5, 5.41) is 10.2. The number of piperazine rings is 1. The highest BCUT2D eigenvalue weighted by Gasteiger charge is 2.54. The fourth-order valence-electron chi connectivity index (χ4n) is 4.26. The van der Waals surface area contributed by atoms with Gasteiger partial charge in [0.25, 0.3) is 5.91 Å². The predicted octanol–water partition coefficient (Wildman–Crippen LogP) is 4.78. The maximum absolute atomic E-state index is 12.6. The Balaban J connectivity index is 0.000000328. The highest BCUT2D eigenvalue weighted by molar-refractivity contribution is 6.41. The number of amides is 1. The Kier molecular flexibility index (Phi) is 10.5. The molecule has 3 aromatic rings. The van der Waals surface area contributed by atoms with Gasteiger partial charge in [-0.05, 0) is 54.3 Å². The lowest BCUT2D eigenvalue weighted by atomic mass is 10.0. The number of hydrogen-bond donors (Lipinski definition) is 3. The van der Waals surface area contributed by atoms with Crippen LogP contribution in [0.15, 0.2) is 48.7 Å². The summed E-state index contributed by atoms with van der Waals surface area (Å²) >= 11 is 6.34. The predicted molar refractivity (Wildman–Crippen MR) is 151 cm³/mol. The van der Waals surface area contributed by atoms with E-state index in [9.17, 15) is 40.7 Å². The lowest BCUT2D eigenvalue weighted by Crippen LogP contribution is -2.47. The number of fused-ring (bicyclic) bond motifs is 6. The van der Waals surface area contributed by atoms with Gasteiger partial charge in [0.15, 0.2) is 12.4 Å². The Labute approximate surface area is 257 Å². The Bertz CT molecular complexity index is 1540. The molecule has 0 aliphatic carbocycles. The SMILES string of the molecule is O=C(C(=O)C(F)(F)F)C(F)(F)F.O=C(COc1ccc2cc1CCc1cccc(c1)Nc1ncc(Cl)c(n1)N2)N1CCNCC1. The zero-order valence-corrected chi connectivity index (χ0v) is 23.9. The van der Waals surface area contributed by atoms with Gasteiger partial charge in [-0.25, -0.2) is 4.98 Å². The summed E-state index contributed by atoms with van der Waals surface area (Å²) in [6.07, 6.45) is -8.39. The highest BCUT2D eigenvalue weighted by atomic mass is 35.5. The van der Waals surface area contributed by atoms with Crippen molar-refractivity contribution in [2.75, 3.05) is 43.4 Å². The Hall–Kier alpha value is -4.44. The standard InChI is InChI=1S/C24H25ClN6O2.C4F6O2/c25-20-14-27-24-29-18-3-1-2-16(12-18)4-5-17-13-19(28-23(20)30-24)6-7-21(17)33-15-22(32)31-10-8-26-9-11-31;5-3(6,7)1(11)2(12)4(8,9)10/h1-3,6-7,12-14,26H,4-5,8-11,15H2,(H2,27,28,29,30);. The number of carbonyl (C=O) groups is 3. The third kappa shape index (κ3) is 9.28. The summed E-state index contributed by atoms with van der Waals surface area (Å²) in [5.41, 5.74) is 3.93. The van der Waals surface area contributed by atoms with Crippen molar-refractivity contribution >= 4 is 52.2 Å². The number of anilines is 4. The van der Waals surface area contributed by atoms with Crippen LogP contribution >= 0.6 is 11.6 Å². The van der Waals surface area contributed by atoms with Crippen molar-refractivity contribution in [3.05, 3.63) is 64.8 Å². The number of benzene rings is 2. The number of alkyl halides is 6. The molecular formula is C28H25ClF6N6O4.